The number of rotatable bonds is 8. The van der Waals surface area contributed by atoms with Crippen LogP contribution in [0.25, 0.3) is 0 Å². The van der Waals surface area contributed by atoms with Crippen molar-refractivity contribution in [2.45, 2.75) is 38.5 Å². The largest absolute Gasteiger partial charge is 0.459 e. The van der Waals surface area contributed by atoms with E-state index in [1.54, 1.807) is 45.0 Å². The van der Waals surface area contributed by atoms with Crippen molar-refractivity contribution < 1.29 is 19.4 Å². The number of esters is 1. The number of anilines is 1. The summed E-state index contributed by atoms with van der Waals surface area (Å²) in [6, 6.07) is 6.48. The van der Waals surface area contributed by atoms with Crippen molar-refractivity contribution >= 4 is 29.3 Å². The molecule has 0 aliphatic carbocycles. The number of aliphatic hydroxyl groups excluding tert-OH is 1. The Morgan fingerprint density at radius 3 is 2.75 bits per heavy atom. The van der Waals surface area contributed by atoms with E-state index in [-0.39, 0.29) is 36.4 Å². The summed E-state index contributed by atoms with van der Waals surface area (Å²) >= 11 is 1.09. The van der Waals surface area contributed by atoms with Gasteiger partial charge in [-0.2, -0.15) is 0 Å². The second kappa shape index (κ2) is 10.0. The molecule has 9 heteroatoms. The van der Waals surface area contributed by atoms with Crippen molar-refractivity contribution in [2.75, 3.05) is 17.7 Å². The molecule has 1 heterocycles. The van der Waals surface area contributed by atoms with Gasteiger partial charge in [0.1, 0.15) is 0 Å². The van der Waals surface area contributed by atoms with Gasteiger partial charge in [-0.25, -0.2) is 9.78 Å². The monoisotopic (exact) mass is 405 g/mol. The highest BCUT2D eigenvalue weighted by atomic mass is 32.2. The number of aryl methyl sites for hydroxylation is 1. The number of aromatic amines is 1. The molecule has 0 atom stereocenters. The Bertz CT molecular complexity index is 911. The molecular formula is C19H23N3O5S. The van der Waals surface area contributed by atoms with Crippen LogP contribution in [0, 0.1) is 6.92 Å². The third-order valence-corrected chi connectivity index (χ3v) is 4.50. The molecule has 3 N–H and O–H groups in total. The fourth-order valence-corrected chi connectivity index (χ4v) is 3.10. The first-order chi connectivity index (χ1) is 13.3. The molecule has 150 valence electrons. The molecule has 0 radical (unpaired) electrons. The normalized spacial score (nSPS) is 10.8. The Balaban J connectivity index is 1.98. The fourth-order valence-electron chi connectivity index (χ4n) is 2.40. The third-order valence-electron chi connectivity index (χ3n) is 3.63. The maximum Gasteiger partial charge on any atom is 0.338 e. The Labute approximate surface area is 166 Å². The minimum absolute atomic E-state index is 0.0302. The summed E-state index contributed by atoms with van der Waals surface area (Å²) in [5, 5.41) is 12.0. The second-order valence-electron chi connectivity index (χ2n) is 6.28. The first-order valence-corrected chi connectivity index (χ1v) is 9.73. The van der Waals surface area contributed by atoms with Crippen molar-refractivity contribution in [1.29, 1.82) is 0 Å². The number of aromatic nitrogens is 2. The van der Waals surface area contributed by atoms with Crippen LogP contribution < -0.4 is 10.9 Å². The van der Waals surface area contributed by atoms with E-state index < -0.39 is 5.97 Å². The molecule has 0 aliphatic rings. The van der Waals surface area contributed by atoms with Crippen LogP contribution in [0.4, 0.5) is 5.69 Å². The minimum Gasteiger partial charge on any atom is -0.459 e. The summed E-state index contributed by atoms with van der Waals surface area (Å²) in [4.78, 5) is 43.0. The number of aliphatic hydroxyl groups is 1. The molecule has 1 aromatic heterocycles. The van der Waals surface area contributed by atoms with E-state index in [0.717, 1.165) is 11.8 Å². The molecule has 1 amide bonds. The van der Waals surface area contributed by atoms with Gasteiger partial charge in [-0.3, -0.25) is 9.59 Å². The van der Waals surface area contributed by atoms with Crippen molar-refractivity contribution in [2.24, 2.45) is 0 Å². The maximum absolute atomic E-state index is 12.2. The molecule has 0 unspecified atom stereocenters. The maximum atomic E-state index is 12.2. The molecule has 28 heavy (non-hydrogen) atoms. The Morgan fingerprint density at radius 2 is 2.11 bits per heavy atom. The fraction of sp³-hybridized carbons (Fsp3) is 0.368. The molecule has 0 aliphatic heterocycles. The number of nitrogens with one attached hydrogen (secondary N) is 2. The van der Waals surface area contributed by atoms with E-state index in [2.05, 4.69) is 15.3 Å². The van der Waals surface area contributed by atoms with Crippen LogP contribution in [0.15, 0.2) is 34.2 Å². The van der Waals surface area contributed by atoms with Gasteiger partial charge in [-0.05, 0) is 39.0 Å². The zero-order valence-electron chi connectivity index (χ0n) is 15.9. The van der Waals surface area contributed by atoms with Gasteiger partial charge in [-0.1, -0.05) is 17.8 Å². The molecule has 2 aromatic rings. The number of hydrogen-bond acceptors (Lipinski definition) is 7. The van der Waals surface area contributed by atoms with Crippen molar-refractivity contribution in [3.63, 3.8) is 0 Å². The quantitative estimate of drug-likeness (QED) is 0.348. The standard InChI is InChI=1S/C19H23N3O5S/c1-11(2)27-18(26)13-5-4-6-14(9-13)21-16(24)10-28-19-20-12(3)15(7-8-23)17(25)22-19/h4-6,9,11,23H,7-8,10H2,1-3H3,(H,21,24)(H,20,22,25). The van der Waals surface area contributed by atoms with Crippen LogP contribution in [-0.4, -0.2) is 45.4 Å². The zero-order chi connectivity index (χ0) is 20.7. The first kappa shape index (κ1) is 21.6. The van der Waals surface area contributed by atoms with Crippen LogP contribution in [0.1, 0.15) is 35.5 Å². The molecule has 0 fully saturated rings. The van der Waals surface area contributed by atoms with Crippen molar-refractivity contribution in [3.8, 4) is 0 Å². The minimum atomic E-state index is -0.458. The van der Waals surface area contributed by atoms with E-state index in [9.17, 15) is 14.4 Å². The highest BCUT2D eigenvalue weighted by molar-refractivity contribution is 7.99. The van der Waals surface area contributed by atoms with Crippen LogP contribution in [0.5, 0.6) is 0 Å². The number of ether oxygens (including phenoxy) is 1. The van der Waals surface area contributed by atoms with Gasteiger partial charge >= 0.3 is 5.97 Å². The highest BCUT2D eigenvalue weighted by Gasteiger charge is 2.12. The van der Waals surface area contributed by atoms with Crippen LogP contribution in [0.2, 0.25) is 0 Å². The van der Waals surface area contributed by atoms with Crippen LogP contribution in [-0.2, 0) is 16.0 Å². The molecule has 8 nitrogen and oxygen atoms in total. The van der Waals surface area contributed by atoms with Crippen molar-refractivity contribution in [1.82, 2.24) is 9.97 Å². The lowest BCUT2D eigenvalue weighted by atomic mass is 10.2. The topological polar surface area (TPSA) is 121 Å². The SMILES string of the molecule is Cc1nc(SCC(=O)Nc2cccc(C(=O)OC(C)C)c2)[nH]c(=O)c1CCO. The van der Waals surface area contributed by atoms with E-state index >= 15 is 0 Å². The lowest BCUT2D eigenvalue weighted by molar-refractivity contribution is -0.113. The van der Waals surface area contributed by atoms with E-state index in [1.807, 2.05) is 0 Å². The summed E-state index contributed by atoms with van der Waals surface area (Å²) < 4.78 is 5.14. The second-order valence-corrected chi connectivity index (χ2v) is 7.24. The molecule has 0 saturated carbocycles. The average Bonchev–Trinajstić information content (AvgIpc) is 2.62. The molecule has 0 bridgehead atoms. The Kier molecular flexibility index (Phi) is 7.77. The Hall–Kier alpha value is -2.65. The first-order valence-electron chi connectivity index (χ1n) is 8.74. The highest BCUT2D eigenvalue weighted by Crippen LogP contribution is 2.16. The van der Waals surface area contributed by atoms with Crippen LogP contribution in [0.3, 0.4) is 0 Å². The van der Waals surface area contributed by atoms with E-state index in [1.165, 1.54) is 0 Å². The molecule has 0 saturated heterocycles. The van der Waals surface area contributed by atoms with Gasteiger partial charge < -0.3 is 20.1 Å². The third kappa shape index (κ3) is 6.21. The van der Waals surface area contributed by atoms with Crippen molar-refractivity contribution in [3.05, 3.63) is 51.4 Å². The number of nitrogens with zero attached hydrogens (tertiary/aromatic N) is 1. The van der Waals surface area contributed by atoms with E-state index in [0.29, 0.717) is 27.7 Å². The Morgan fingerprint density at radius 1 is 1.36 bits per heavy atom. The number of amides is 1. The molecular weight excluding hydrogens is 382 g/mol. The number of thioether (sulfide) groups is 1. The summed E-state index contributed by atoms with van der Waals surface area (Å²) in [7, 11) is 0. The summed E-state index contributed by atoms with van der Waals surface area (Å²) in [5.74, 6) is -0.734. The van der Waals surface area contributed by atoms with Gasteiger partial charge in [-0.15, -0.1) is 0 Å². The molecule has 0 spiro atoms. The van der Waals surface area contributed by atoms with Gasteiger partial charge in [0.15, 0.2) is 5.16 Å². The van der Waals surface area contributed by atoms with Gasteiger partial charge in [0.05, 0.1) is 17.4 Å². The average molecular weight is 405 g/mol. The van der Waals surface area contributed by atoms with Gasteiger partial charge in [0.25, 0.3) is 5.56 Å². The summed E-state index contributed by atoms with van der Waals surface area (Å²) in [6.07, 6.45) is -0.00105. The van der Waals surface area contributed by atoms with E-state index in [4.69, 9.17) is 9.84 Å². The lowest BCUT2D eigenvalue weighted by Gasteiger charge is -2.10. The predicted molar refractivity (Wildman–Crippen MR) is 107 cm³/mol. The van der Waals surface area contributed by atoms with Gasteiger partial charge in [0.2, 0.25) is 5.91 Å². The molecule has 1 aromatic carbocycles. The number of hydrogen-bond donors (Lipinski definition) is 3. The number of H-pyrrole nitrogens is 1. The molecule has 2 rings (SSSR count). The van der Waals surface area contributed by atoms with Gasteiger partial charge in [0, 0.05) is 30.0 Å². The number of carbonyl (C=O) groups excluding carboxylic acids is 2. The number of benzene rings is 1. The predicted octanol–water partition coefficient (Wildman–Crippen LogP) is 1.91. The summed E-state index contributed by atoms with van der Waals surface area (Å²) in [5.41, 5.74) is 1.46. The summed E-state index contributed by atoms with van der Waals surface area (Å²) in [6.45, 7) is 5.07. The van der Waals surface area contributed by atoms with Crippen LogP contribution >= 0.6 is 11.8 Å². The smallest absolute Gasteiger partial charge is 0.338 e. The zero-order valence-corrected chi connectivity index (χ0v) is 16.8. The number of carbonyl (C=O) groups is 2. The lowest BCUT2D eigenvalue weighted by Crippen LogP contribution is -2.19.